The normalized spacial score (nSPS) is 12.6. The number of aromatic nitrogens is 2. The summed E-state index contributed by atoms with van der Waals surface area (Å²) < 4.78 is 5.10. The number of aryl methyl sites for hydroxylation is 1. The van der Waals surface area contributed by atoms with Crippen molar-refractivity contribution >= 4 is 77.7 Å². The maximum Gasteiger partial charge on any atom is 0.0618 e. The molecular formula is C103H104N4. The van der Waals surface area contributed by atoms with Crippen LogP contribution in [0.1, 0.15) is 164 Å². The average molecular weight is 1400 g/mol. The SMILES string of the molecule is Cc1cc(N(c2cccc(-n3c4cc(C(C)(C)C)ccc4c4ccc(C(C)(C)C)cc43)c2)c2c(-c3ccccc3)cc(C(C)(C)C)cc2-c2ccccc2)cc(N(c2cccc(-n3c4cc(C(C)(C)C)ccc4c4ccc(C(C)(C)C)cc43)c2)c2c(-c3ccccc3)cc(C(C)(C)C)cc2-c2ccccc2)c1. The molecule has 15 rings (SSSR count). The van der Waals surface area contributed by atoms with Gasteiger partial charge < -0.3 is 18.9 Å². The van der Waals surface area contributed by atoms with E-state index in [1.54, 1.807) is 0 Å². The Morgan fingerprint density at radius 1 is 0.215 bits per heavy atom. The fourth-order valence-electron chi connectivity index (χ4n) is 15.8. The lowest BCUT2D eigenvalue weighted by molar-refractivity contribution is 0.590. The molecule has 0 radical (unpaired) electrons. The Hall–Kier alpha value is -10.9. The average Bonchev–Trinajstić information content (AvgIpc) is 1.40. The Balaban J connectivity index is 1.09. The second kappa shape index (κ2) is 26.8. The summed E-state index contributed by atoms with van der Waals surface area (Å²) in [6.07, 6.45) is 0. The van der Waals surface area contributed by atoms with Crippen molar-refractivity contribution in [3.05, 3.63) is 324 Å². The predicted octanol–water partition coefficient (Wildman–Crippen LogP) is 29.6. The van der Waals surface area contributed by atoms with Crippen LogP contribution >= 0.6 is 0 Å². The molecule has 13 aromatic carbocycles. The zero-order valence-corrected chi connectivity index (χ0v) is 66.4. The van der Waals surface area contributed by atoms with E-state index >= 15 is 0 Å². The molecule has 107 heavy (non-hydrogen) atoms. The van der Waals surface area contributed by atoms with Gasteiger partial charge in [-0.2, -0.15) is 0 Å². The van der Waals surface area contributed by atoms with E-state index in [0.717, 1.165) is 95.6 Å². The molecule has 4 nitrogen and oxygen atoms in total. The molecule has 0 aliphatic rings. The highest BCUT2D eigenvalue weighted by molar-refractivity contribution is 6.12. The summed E-state index contributed by atoms with van der Waals surface area (Å²) in [6, 6.07) is 109. The van der Waals surface area contributed by atoms with Crippen molar-refractivity contribution in [3.63, 3.8) is 0 Å². The number of anilines is 6. The van der Waals surface area contributed by atoms with Crippen LogP contribution in [0.25, 0.3) is 99.5 Å². The van der Waals surface area contributed by atoms with Gasteiger partial charge in [0.15, 0.2) is 0 Å². The maximum atomic E-state index is 2.61. The molecule has 0 aliphatic heterocycles. The van der Waals surface area contributed by atoms with E-state index in [2.05, 4.69) is 436 Å². The van der Waals surface area contributed by atoms with Gasteiger partial charge in [-0.25, -0.2) is 0 Å². The van der Waals surface area contributed by atoms with Gasteiger partial charge in [0.2, 0.25) is 0 Å². The van der Waals surface area contributed by atoms with Gasteiger partial charge in [0, 0.05) is 77.9 Å². The third-order valence-electron chi connectivity index (χ3n) is 22.0. The number of rotatable bonds is 12. The van der Waals surface area contributed by atoms with Gasteiger partial charge >= 0.3 is 0 Å². The van der Waals surface area contributed by atoms with Crippen LogP contribution < -0.4 is 9.80 Å². The first-order valence-corrected chi connectivity index (χ1v) is 38.5. The molecule has 0 bridgehead atoms. The highest BCUT2D eigenvalue weighted by Crippen LogP contribution is 2.54. The van der Waals surface area contributed by atoms with Crippen molar-refractivity contribution in [2.24, 2.45) is 0 Å². The van der Waals surface area contributed by atoms with Crippen molar-refractivity contribution in [2.75, 3.05) is 9.80 Å². The van der Waals surface area contributed by atoms with Gasteiger partial charge in [-0.3, -0.25) is 0 Å². The lowest BCUT2D eigenvalue weighted by atomic mass is 9.81. The molecule has 536 valence electrons. The van der Waals surface area contributed by atoms with E-state index < -0.39 is 0 Å². The summed E-state index contributed by atoms with van der Waals surface area (Å²) in [5.41, 5.74) is 30.4. The Morgan fingerprint density at radius 3 is 0.710 bits per heavy atom. The molecule has 0 saturated carbocycles. The summed E-state index contributed by atoms with van der Waals surface area (Å²) in [6.45, 7) is 44.3. The Kier molecular flexibility index (Phi) is 18.0. The van der Waals surface area contributed by atoms with Gasteiger partial charge in [0.05, 0.1) is 33.4 Å². The van der Waals surface area contributed by atoms with Gasteiger partial charge in [-0.15, -0.1) is 0 Å². The number of hydrogen-bond acceptors (Lipinski definition) is 2. The summed E-state index contributed by atoms with van der Waals surface area (Å²) in [4.78, 5) is 5.22. The van der Waals surface area contributed by atoms with Crippen molar-refractivity contribution in [1.82, 2.24) is 9.13 Å². The molecular weight excluding hydrogens is 1290 g/mol. The third kappa shape index (κ3) is 13.7. The van der Waals surface area contributed by atoms with Gasteiger partial charge in [-0.1, -0.05) is 307 Å². The van der Waals surface area contributed by atoms with Crippen molar-refractivity contribution < 1.29 is 0 Å². The van der Waals surface area contributed by atoms with Crippen LogP contribution in [0.4, 0.5) is 34.1 Å². The standard InChI is InChI=1S/C103H104N4/c1-67-54-82(104(96-88(68-34-24-20-25-35-68)56-76(102(14,15)16)57-89(96)69-36-26-21-27-37-69)78-42-32-44-80(64-78)106-92-60-72(98(2,3)4)46-50-84(92)85-51-47-73(61-93(85)106)99(5,6)7)66-83(55-67)105(97-90(70-38-28-22-29-39-70)58-77(103(17,18)19)59-91(97)71-40-30-23-31-41-71)79-43-33-45-81(65-79)107-94-62-74(100(8,9)10)48-52-86(94)87-53-49-75(63-95(87)107)101(11,12)13/h20-66H,1-19H3. The fraction of sp³-hybridized carbons (Fsp3) is 0.243. The molecule has 2 heterocycles. The number of nitrogens with zero attached hydrogens (tertiary/aromatic N) is 4. The highest BCUT2D eigenvalue weighted by atomic mass is 15.2. The molecule has 15 aromatic rings. The zero-order valence-electron chi connectivity index (χ0n) is 66.4. The Morgan fingerprint density at radius 2 is 0.467 bits per heavy atom. The minimum absolute atomic E-state index is 0.0840. The van der Waals surface area contributed by atoms with Crippen molar-refractivity contribution in [3.8, 4) is 55.9 Å². The van der Waals surface area contributed by atoms with E-state index in [4.69, 9.17) is 0 Å². The van der Waals surface area contributed by atoms with E-state index in [0.29, 0.717) is 0 Å². The molecule has 2 aromatic heterocycles. The first-order valence-electron chi connectivity index (χ1n) is 38.5. The zero-order chi connectivity index (χ0) is 75.4. The van der Waals surface area contributed by atoms with Crippen LogP contribution in [-0.2, 0) is 32.5 Å². The molecule has 0 aliphatic carbocycles. The van der Waals surface area contributed by atoms with Crippen LogP contribution in [-0.4, -0.2) is 9.13 Å². The molecule has 0 unspecified atom stereocenters. The first-order chi connectivity index (χ1) is 50.8. The molecule has 0 saturated heterocycles. The second-order valence-corrected chi connectivity index (χ2v) is 36.1. The molecule has 0 N–H and O–H groups in total. The maximum absolute atomic E-state index is 2.61. The summed E-state index contributed by atoms with van der Waals surface area (Å²) in [5.74, 6) is 0. The molecule has 0 spiro atoms. The van der Waals surface area contributed by atoms with Gasteiger partial charge in [0.1, 0.15) is 0 Å². The van der Waals surface area contributed by atoms with E-state index in [1.165, 1.54) is 77.0 Å². The first kappa shape index (κ1) is 71.7. The fourth-order valence-corrected chi connectivity index (χ4v) is 15.8. The molecule has 0 amide bonds. The topological polar surface area (TPSA) is 16.3 Å². The Labute approximate surface area is 636 Å². The second-order valence-electron chi connectivity index (χ2n) is 36.1. The summed E-state index contributed by atoms with van der Waals surface area (Å²) >= 11 is 0. The van der Waals surface area contributed by atoms with Gasteiger partial charge in [-0.05, 0) is 204 Å². The minimum Gasteiger partial charge on any atom is -0.309 e. The van der Waals surface area contributed by atoms with Crippen LogP contribution in [0.5, 0.6) is 0 Å². The number of hydrogen-bond donors (Lipinski definition) is 0. The Bertz CT molecular complexity index is 5240. The summed E-state index contributed by atoms with van der Waals surface area (Å²) in [5, 5.41) is 4.95. The summed E-state index contributed by atoms with van der Waals surface area (Å²) in [7, 11) is 0. The third-order valence-corrected chi connectivity index (χ3v) is 22.0. The van der Waals surface area contributed by atoms with Crippen LogP contribution in [0.3, 0.4) is 0 Å². The van der Waals surface area contributed by atoms with E-state index in [9.17, 15) is 0 Å². The number of benzene rings is 13. The lowest BCUT2D eigenvalue weighted by Gasteiger charge is -2.35. The van der Waals surface area contributed by atoms with E-state index in [-0.39, 0.29) is 32.5 Å². The number of fused-ring (bicyclic) bond motifs is 6. The quantitative estimate of drug-likeness (QED) is 0.121. The monoisotopic (exact) mass is 1400 g/mol. The van der Waals surface area contributed by atoms with Crippen LogP contribution in [0, 0.1) is 6.92 Å². The van der Waals surface area contributed by atoms with Crippen LogP contribution in [0.15, 0.2) is 285 Å². The highest BCUT2D eigenvalue weighted by Gasteiger charge is 2.32. The van der Waals surface area contributed by atoms with Crippen molar-refractivity contribution in [1.29, 1.82) is 0 Å². The van der Waals surface area contributed by atoms with E-state index in [1.807, 2.05) is 0 Å². The smallest absolute Gasteiger partial charge is 0.0618 e. The largest absolute Gasteiger partial charge is 0.309 e. The molecule has 0 atom stereocenters. The minimum atomic E-state index is -0.200. The van der Waals surface area contributed by atoms with Gasteiger partial charge in [0.25, 0.3) is 0 Å². The molecule has 4 heteroatoms. The van der Waals surface area contributed by atoms with Crippen molar-refractivity contribution in [2.45, 2.75) is 164 Å². The van der Waals surface area contributed by atoms with Crippen LogP contribution in [0.2, 0.25) is 0 Å². The predicted molar refractivity (Wildman–Crippen MR) is 463 cm³/mol. The lowest BCUT2D eigenvalue weighted by Crippen LogP contribution is -2.18. The molecule has 0 fully saturated rings.